The summed E-state index contributed by atoms with van der Waals surface area (Å²) >= 11 is 0. The Labute approximate surface area is 384 Å². The third kappa shape index (κ3) is 8.61. The number of imidazole rings is 1. The Bertz CT molecular complexity index is 3200. The summed E-state index contributed by atoms with van der Waals surface area (Å²) in [5.41, 5.74) is 10.4. The van der Waals surface area contributed by atoms with Crippen LogP contribution in [0.1, 0.15) is 119 Å². The molecule has 0 saturated carbocycles. The first kappa shape index (κ1) is 36.2. The maximum absolute atomic E-state index is 12.8. The molecule has 0 fully saturated rings. The van der Waals surface area contributed by atoms with Crippen molar-refractivity contribution < 1.29 is 13.3 Å². The number of phenolic OH excluding ortho intramolecular Hbond substituents is 1. The van der Waals surface area contributed by atoms with E-state index in [1.807, 2.05) is 74.0 Å². The molecule has 6 aromatic carbocycles. The van der Waals surface area contributed by atoms with Gasteiger partial charge in [0, 0.05) is 36.7 Å². The Morgan fingerprint density at radius 1 is 0.508 bits per heavy atom. The van der Waals surface area contributed by atoms with Crippen molar-refractivity contribution in [2.75, 3.05) is 0 Å². The molecule has 0 radical (unpaired) electrons. The molecule has 1 N–H and O–H groups in total. The van der Waals surface area contributed by atoms with Crippen LogP contribution in [0.5, 0.6) is 5.75 Å². The monoisotopic (exact) mass is 836 g/mol. The van der Waals surface area contributed by atoms with Gasteiger partial charge in [-0.15, -0.1) is 0 Å². The highest BCUT2D eigenvalue weighted by Crippen LogP contribution is 2.46. The SMILES string of the molecule is [2H]C([2H])([2H])C(C)(c1cc(C(C)(C)C)cc(-c2nc3c(-c4cc(-c5cc(-c6ccc(C)cc6)ccn5)cc(C(C)(C)C)c4)cccc3n2-c2ccc(C(C)(C)C)cc2-c2ccccc2)c1O)C([2H])([2H])[2H]. The Kier molecular flexibility index (Phi) is 9.10. The second kappa shape index (κ2) is 15.8. The number of hydrogen-bond donors (Lipinski definition) is 1. The zero-order chi connectivity index (χ0) is 50.2. The molecule has 0 saturated heterocycles. The van der Waals surface area contributed by atoms with E-state index in [9.17, 15) is 5.11 Å². The first-order chi connectivity index (χ1) is 32.1. The highest BCUT2D eigenvalue weighted by atomic mass is 16.3. The second-order valence-corrected chi connectivity index (χ2v) is 20.4. The van der Waals surface area contributed by atoms with Gasteiger partial charge in [-0.25, -0.2) is 4.98 Å². The lowest BCUT2D eigenvalue weighted by Gasteiger charge is -2.28. The van der Waals surface area contributed by atoms with Gasteiger partial charge in [-0.1, -0.05) is 173 Å². The standard InChI is InChI=1S/C59H63N3O/c1-37-22-24-38(25-23-37)40-28-29-60-50(33-40)42-30-41(31-44(32-42)57(5,6)7)46-20-17-21-52-53(46)61-55(48-35-45(58(8,9)10)36-49(54(48)63)59(11,12)13)62(52)51-27-26-43(56(2,3)4)34-47(51)39-18-15-14-16-19-39/h14-36,63H,1-13H3/i11D3,12D3. The Balaban J connectivity index is 1.50. The summed E-state index contributed by atoms with van der Waals surface area (Å²) in [6, 6.07) is 45.3. The number of fused-ring (bicyclic) bond motifs is 1. The lowest BCUT2D eigenvalue weighted by Crippen LogP contribution is -2.17. The smallest absolute Gasteiger partial charge is 0.149 e. The van der Waals surface area contributed by atoms with Gasteiger partial charge in [0.1, 0.15) is 11.6 Å². The topological polar surface area (TPSA) is 50.9 Å². The quantitative estimate of drug-likeness (QED) is 0.182. The van der Waals surface area contributed by atoms with E-state index >= 15 is 0 Å². The molecule has 0 atom stereocenters. The predicted octanol–water partition coefficient (Wildman–Crippen LogP) is 16.0. The number of aromatic hydroxyl groups is 1. The molecule has 8 rings (SSSR count). The lowest BCUT2D eigenvalue weighted by molar-refractivity contribution is 0.446. The van der Waals surface area contributed by atoms with E-state index < -0.39 is 30.3 Å². The first-order valence-electron chi connectivity index (χ1n) is 24.9. The van der Waals surface area contributed by atoms with Crippen LogP contribution in [-0.4, -0.2) is 19.6 Å². The average Bonchev–Trinajstić information content (AvgIpc) is 3.67. The van der Waals surface area contributed by atoms with E-state index in [2.05, 4.69) is 133 Å². The van der Waals surface area contributed by atoms with Crippen molar-refractivity contribution in [1.29, 1.82) is 0 Å². The van der Waals surface area contributed by atoms with Crippen LogP contribution in [0.15, 0.2) is 140 Å². The van der Waals surface area contributed by atoms with Gasteiger partial charge in [-0.05, 0) is 116 Å². The summed E-state index contributed by atoms with van der Waals surface area (Å²) in [5, 5.41) is 12.8. The van der Waals surface area contributed by atoms with Gasteiger partial charge in [-0.3, -0.25) is 9.55 Å². The fourth-order valence-electron chi connectivity index (χ4n) is 8.30. The minimum absolute atomic E-state index is 0.182. The summed E-state index contributed by atoms with van der Waals surface area (Å²) < 4.78 is 54.2. The number of para-hydroxylation sites is 1. The molecule has 2 heterocycles. The van der Waals surface area contributed by atoms with Crippen LogP contribution < -0.4 is 0 Å². The van der Waals surface area contributed by atoms with Crippen LogP contribution in [-0.2, 0) is 21.7 Å². The average molecular weight is 836 g/mol. The van der Waals surface area contributed by atoms with Crippen molar-refractivity contribution in [3.63, 3.8) is 0 Å². The van der Waals surface area contributed by atoms with Crippen molar-refractivity contribution in [1.82, 2.24) is 14.5 Å². The molecule has 0 spiro atoms. The van der Waals surface area contributed by atoms with Gasteiger partial charge in [-0.2, -0.15) is 0 Å². The van der Waals surface area contributed by atoms with Gasteiger partial charge in [0.25, 0.3) is 0 Å². The molecule has 4 nitrogen and oxygen atoms in total. The van der Waals surface area contributed by atoms with Crippen LogP contribution >= 0.6 is 0 Å². The largest absolute Gasteiger partial charge is 0.507 e. The molecule has 0 amide bonds. The fourth-order valence-corrected chi connectivity index (χ4v) is 8.30. The molecule has 63 heavy (non-hydrogen) atoms. The molecular formula is C59H63N3O. The minimum Gasteiger partial charge on any atom is -0.507 e. The summed E-state index contributed by atoms with van der Waals surface area (Å²) in [7, 11) is 0. The van der Waals surface area contributed by atoms with Crippen molar-refractivity contribution in [3.05, 3.63) is 167 Å². The number of aryl methyl sites for hydroxylation is 1. The summed E-state index contributed by atoms with van der Waals surface area (Å²) in [4.78, 5) is 10.4. The molecular weight excluding hydrogens is 767 g/mol. The lowest BCUT2D eigenvalue weighted by atomic mass is 9.79. The first-order valence-corrected chi connectivity index (χ1v) is 21.9. The number of benzene rings is 6. The molecule has 0 aliphatic carbocycles. The molecule has 320 valence electrons. The van der Waals surface area contributed by atoms with Crippen LogP contribution in [0.3, 0.4) is 0 Å². The van der Waals surface area contributed by atoms with E-state index in [0.29, 0.717) is 16.9 Å². The molecule has 0 bridgehead atoms. The maximum Gasteiger partial charge on any atom is 0.149 e. The third-order valence-corrected chi connectivity index (χ3v) is 12.2. The third-order valence-electron chi connectivity index (χ3n) is 12.2. The van der Waals surface area contributed by atoms with E-state index in [0.717, 1.165) is 67.0 Å². The van der Waals surface area contributed by atoms with Crippen LogP contribution in [0.25, 0.3) is 72.7 Å². The Morgan fingerprint density at radius 3 is 1.83 bits per heavy atom. The van der Waals surface area contributed by atoms with Crippen LogP contribution in [0.2, 0.25) is 0 Å². The van der Waals surface area contributed by atoms with Crippen molar-refractivity contribution in [2.45, 2.75) is 112 Å². The number of nitrogens with zero attached hydrogens (tertiary/aromatic N) is 3. The zero-order valence-corrected chi connectivity index (χ0v) is 38.6. The van der Waals surface area contributed by atoms with Gasteiger partial charge < -0.3 is 5.11 Å². The van der Waals surface area contributed by atoms with Gasteiger partial charge in [0.05, 0.1) is 28.0 Å². The van der Waals surface area contributed by atoms with Crippen LogP contribution in [0.4, 0.5) is 0 Å². The van der Waals surface area contributed by atoms with Crippen molar-refractivity contribution >= 4 is 11.0 Å². The van der Waals surface area contributed by atoms with Gasteiger partial charge >= 0.3 is 0 Å². The maximum atomic E-state index is 12.8. The molecule has 8 aromatic rings. The molecule has 2 aromatic heterocycles. The highest BCUT2D eigenvalue weighted by molar-refractivity contribution is 5.98. The van der Waals surface area contributed by atoms with E-state index in [1.54, 1.807) is 6.07 Å². The molecule has 4 heteroatoms. The van der Waals surface area contributed by atoms with E-state index in [4.69, 9.17) is 18.2 Å². The number of phenols is 1. The normalized spacial score (nSPS) is 14.4. The number of aromatic nitrogens is 3. The number of hydrogen-bond acceptors (Lipinski definition) is 3. The second-order valence-electron chi connectivity index (χ2n) is 20.4. The number of rotatable bonds is 6. The van der Waals surface area contributed by atoms with E-state index in [-0.39, 0.29) is 22.0 Å². The van der Waals surface area contributed by atoms with E-state index in [1.165, 1.54) is 12.5 Å². The molecule has 0 aliphatic rings. The zero-order valence-electron chi connectivity index (χ0n) is 44.6. The van der Waals surface area contributed by atoms with Crippen LogP contribution in [0, 0.1) is 6.92 Å². The van der Waals surface area contributed by atoms with Crippen molar-refractivity contribution in [3.8, 4) is 67.5 Å². The van der Waals surface area contributed by atoms with Crippen molar-refractivity contribution in [2.24, 2.45) is 0 Å². The molecule has 0 unspecified atom stereocenters. The van der Waals surface area contributed by atoms with Gasteiger partial charge in [0.15, 0.2) is 0 Å². The summed E-state index contributed by atoms with van der Waals surface area (Å²) in [6.07, 6.45) is 1.85. The number of pyridine rings is 1. The molecule has 0 aliphatic heterocycles. The summed E-state index contributed by atoms with van der Waals surface area (Å²) in [6.45, 7) is 16.3. The Morgan fingerprint density at radius 2 is 1.16 bits per heavy atom. The fraction of sp³-hybridized carbons (Fsp3) is 0.288. The van der Waals surface area contributed by atoms with Gasteiger partial charge in [0.2, 0.25) is 0 Å². The summed E-state index contributed by atoms with van der Waals surface area (Å²) in [5.74, 6) is -0.110. The highest BCUT2D eigenvalue weighted by Gasteiger charge is 2.30. The minimum atomic E-state index is -3.02. The predicted molar refractivity (Wildman–Crippen MR) is 267 cm³/mol. The Hall–Kier alpha value is -6.26.